The molecule has 2 fully saturated rings. The van der Waals surface area contributed by atoms with Crippen molar-refractivity contribution in [2.75, 3.05) is 18.5 Å². The normalized spacial score (nSPS) is 22.8. The molecule has 4 rings (SSSR count). The van der Waals surface area contributed by atoms with E-state index >= 15 is 0 Å². The molecule has 0 bridgehead atoms. The molecule has 3 heterocycles. The van der Waals surface area contributed by atoms with Crippen molar-refractivity contribution < 1.29 is 27.4 Å². The molecule has 1 aliphatic carbocycles. The number of alkyl halides is 3. The van der Waals surface area contributed by atoms with Crippen molar-refractivity contribution in [3.8, 4) is 6.07 Å². The lowest BCUT2D eigenvalue weighted by Gasteiger charge is -2.41. The number of hydrogen-bond donors (Lipinski definition) is 1. The van der Waals surface area contributed by atoms with E-state index in [0.29, 0.717) is 38.0 Å². The summed E-state index contributed by atoms with van der Waals surface area (Å²) in [4.78, 5) is 15.5. The molecule has 2 aromatic heterocycles. The third-order valence-corrected chi connectivity index (χ3v) is 6.51. The quantitative estimate of drug-likeness (QED) is 0.694. The molecule has 8 nitrogen and oxygen atoms in total. The summed E-state index contributed by atoms with van der Waals surface area (Å²) in [5.41, 5.74) is -1.84. The number of nitrogens with one attached hydrogen (secondary N) is 1. The zero-order chi connectivity index (χ0) is 23.1. The molecule has 0 unspecified atom stereocenters. The Labute approximate surface area is 182 Å². The minimum Gasteiger partial charge on any atom is -0.458 e. The second-order valence-corrected chi connectivity index (χ2v) is 8.34. The van der Waals surface area contributed by atoms with Crippen LogP contribution < -0.4 is 5.32 Å². The number of ether oxygens (including phenoxy) is 2. The molecule has 2 aromatic rings. The lowest BCUT2D eigenvalue weighted by Crippen LogP contribution is -2.45. The smallest absolute Gasteiger partial charge is 0.419 e. The third-order valence-electron chi connectivity index (χ3n) is 6.51. The topological polar surface area (TPSA) is 102 Å². The summed E-state index contributed by atoms with van der Waals surface area (Å²) in [5.74, 6) is -0.360. The maximum absolute atomic E-state index is 13.9. The number of nitriles is 1. The van der Waals surface area contributed by atoms with Gasteiger partial charge in [0.25, 0.3) is 0 Å². The summed E-state index contributed by atoms with van der Waals surface area (Å²) < 4.78 is 53.7. The highest BCUT2D eigenvalue weighted by Gasteiger charge is 2.47. The number of anilines is 1. The molecule has 2 aliphatic rings. The Kier molecular flexibility index (Phi) is 5.75. The Morgan fingerprint density at radius 3 is 2.78 bits per heavy atom. The van der Waals surface area contributed by atoms with Crippen molar-refractivity contribution in [1.82, 2.24) is 14.6 Å². The van der Waals surface area contributed by atoms with Gasteiger partial charge in [-0.3, -0.25) is 4.79 Å². The predicted molar refractivity (Wildman–Crippen MR) is 107 cm³/mol. The molecule has 1 saturated heterocycles. The number of esters is 1. The first-order valence-corrected chi connectivity index (χ1v) is 10.6. The molecule has 0 aromatic carbocycles. The van der Waals surface area contributed by atoms with Gasteiger partial charge in [-0.05, 0) is 25.7 Å². The van der Waals surface area contributed by atoms with Crippen LogP contribution >= 0.6 is 0 Å². The molecule has 0 radical (unpaired) electrons. The van der Waals surface area contributed by atoms with Gasteiger partial charge in [0.05, 0.1) is 35.6 Å². The van der Waals surface area contributed by atoms with E-state index in [9.17, 15) is 23.2 Å². The zero-order valence-corrected chi connectivity index (χ0v) is 17.8. The first-order valence-electron chi connectivity index (χ1n) is 10.6. The van der Waals surface area contributed by atoms with Gasteiger partial charge in [-0.15, -0.1) is 5.10 Å². The average molecular weight is 451 g/mol. The average Bonchev–Trinajstić information content (AvgIpc) is 3.03. The van der Waals surface area contributed by atoms with Crippen LogP contribution in [0, 0.1) is 11.3 Å². The van der Waals surface area contributed by atoms with Gasteiger partial charge >= 0.3 is 12.1 Å². The molecule has 0 spiro atoms. The highest BCUT2D eigenvalue weighted by Crippen LogP contribution is 2.50. The van der Waals surface area contributed by atoms with E-state index in [1.54, 1.807) is 6.07 Å². The van der Waals surface area contributed by atoms with E-state index in [1.807, 2.05) is 6.92 Å². The number of hydrogen-bond acceptors (Lipinski definition) is 7. The lowest BCUT2D eigenvalue weighted by atomic mass is 9.64. The molecular formula is C21H24F3N5O3. The molecule has 32 heavy (non-hydrogen) atoms. The maximum atomic E-state index is 13.9. The van der Waals surface area contributed by atoms with Gasteiger partial charge in [0.15, 0.2) is 0 Å². The van der Waals surface area contributed by atoms with Gasteiger partial charge in [-0.25, -0.2) is 9.50 Å². The third kappa shape index (κ3) is 3.77. The fourth-order valence-electron chi connectivity index (χ4n) is 4.73. The summed E-state index contributed by atoms with van der Waals surface area (Å²) in [5, 5.41) is 17.2. The second-order valence-electron chi connectivity index (χ2n) is 8.34. The molecule has 172 valence electrons. The Morgan fingerprint density at radius 2 is 2.22 bits per heavy atom. The van der Waals surface area contributed by atoms with Crippen LogP contribution in [-0.4, -0.2) is 45.9 Å². The van der Waals surface area contributed by atoms with E-state index < -0.39 is 29.2 Å². The van der Waals surface area contributed by atoms with E-state index in [2.05, 4.69) is 15.4 Å². The molecule has 1 aliphatic heterocycles. The first-order chi connectivity index (χ1) is 15.2. The van der Waals surface area contributed by atoms with Gasteiger partial charge in [0.2, 0.25) is 5.95 Å². The Morgan fingerprint density at radius 1 is 1.47 bits per heavy atom. The number of carbonyl (C=O) groups excluding carboxylic acids is 1. The fraction of sp³-hybridized carbons (Fsp3) is 0.619. The number of halogens is 3. The van der Waals surface area contributed by atoms with Crippen LogP contribution in [0.4, 0.5) is 19.1 Å². The maximum Gasteiger partial charge on any atom is 0.419 e. The summed E-state index contributed by atoms with van der Waals surface area (Å²) in [6.45, 7) is 3.84. The van der Waals surface area contributed by atoms with Crippen LogP contribution in [0.3, 0.4) is 0 Å². The molecule has 11 heteroatoms. The minimum atomic E-state index is -4.72. The number of carbonyl (C=O) groups is 1. The van der Waals surface area contributed by atoms with Crippen molar-refractivity contribution in [2.24, 2.45) is 0 Å². The molecule has 1 saturated carbocycles. The van der Waals surface area contributed by atoms with E-state index in [0.717, 1.165) is 12.6 Å². The van der Waals surface area contributed by atoms with E-state index in [-0.39, 0.29) is 29.7 Å². The summed E-state index contributed by atoms with van der Waals surface area (Å²) in [6.07, 6.45) is -0.794. The molecule has 1 N–H and O–H groups in total. The standard InChI is InChI=1S/C21H24F3N5O3/c1-3-20(6-4-7-20)18-13(9-25)17(21(22,23)24)15-10-26-19(28-29(15)18)27-14-5-8-31-11-16(14)32-12(2)30/h10,14,16H,3-8,11H2,1-2H3,(H,27,28)/t14-,16-/m1/s1. The Balaban J connectivity index is 1.81. The molecular weight excluding hydrogens is 427 g/mol. The van der Waals surface area contributed by atoms with Crippen molar-refractivity contribution >= 4 is 17.4 Å². The summed E-state index contributed by atoms with van der Waals surface area (Å²) >= 11 is 0. The van der Waals surface area contributed by atoms with Crippen LogP contribution in [0.25, 0.3) is 5.52 Å². The van der Waals surface area contributed by atoms with Crippen molar-refractivity contribution in [3.05, 3.63) is 23.0 Å². The second kappa shape index (κ2) is 8.24. The van der Waals surface area contributed by atoms with Crippen LogP contribution in [0.15, 0.2) is 6.20 Å². The molecule has 2 atom stereocenters. The Bertz CT molecular complexity index is 1070. The minimum absolute atomic E-state index is 0.0987. The SMILES string of the molecule is CCC1(c2c(C#N)c(C(F)(F)F)c3cnc(N[C@@H]4CCOC[C@H]4OC(C)=O)nn23)CCC1. The van der Waals surface area contributed by atoms with E-state index in [4.69, 9.17) is 9.47 Å². The van der Waals surface area contributed by atoms with Crippen molar-refractivity contribution in [3.63, 3.8) is 0 Å². The van der Waals surface area contributed by atoms with Gasteiger partial charge in [-0.1, -0.05) is 13.3 Å². The zero-order valence-electron chi connectivity index (χ0n) is 17.8. The highest BCUT2D eigenvalue weighted by atomic mass is 19.4. The number of nitrogens with zero attached hydrogens (tertiary/aromatic N) is 4. The van der Waals surface area contributed by atoms with Crippen LogP contribution in [0.5, 0.6) is 0 Å². The fourth-order valence-corrected chi connectivity index (χ4v) is 4.73. The van der Waals surface area contributed by atoms with Gasteiger partial charge < -0.3 is 14.8 Å². The highest BCUT2D eigenvalue weighted by molar-refractivity contribution is 5.67. The number of rotatable bonds is 5. The van der Waals surface area contributed by atoms with Crippen molar-refractivity contribution in [1.29, 1.82) is 5.26 Å². The summed E-state index contributed by atoms with van der Waals surface area (Å²) in [6, 6.07) is 1.44. The number of fused-ring (bicyclic) bond motifs is 1. The molecule has 0 amide bonds. The largest absolute Gasteiger partial charge is 0.458 e. The predicted octanol–water partition coefficient (Wildman–Crippen LogP) is 3.58. The van der Waals surface area contributed by atoms with Crippen LogP contribution in [-0.2, 0) is 25.9 Å². The van der Waals surface area contributed by atoms with E-state index in [1.165, 1.54) is 11.4 Å². The first kappa shape index (κ1) is 22.3. The monoisotopic (exact) mass is 451 g/mol. The van der Waals surface area contributed by atoms with Crippen LogP contribution in [0.1, 0.15) is 62.8 Å². The Hall–Kier alpha value is -2.87. The van der Waals surface area contributed by atoms with Gasteiger partial charge in [-0.2, -0.15) is 18.4 Å². The van der Waals surface area contributed by atoms with Gasteiger partial charge in [0, 0.05) is 18.9 Å². The van der Waals surface area contributed by atoms with Gasteiger partial charge in [0.1, 0.15) is 17.7 Å². The lowest BCUT2D eigenvalue weighted by molar-refractivity contribution is -0.153. The van der Waals surface area contributed by atoms with Crippen molar-refractivity contribution in [2.45, 2.75) is 69.7 Å². The van der Waals surface area contributed by atoms with Crippen LogP contribution in [0.2, 0.25) is 0 Å². The number of aromatic nitrogens is 3. The summed E-state index contributed by atoms with van der Waals surface area (Å²) in [7, 11) is 0.